The monoisotopic (exact) mass is 386 g/mol. The Hall–Kier alpha value is -3.05. The van der Waals surface area contributed by atoms with Crippen LogP contribution < -0.4 is 5.32 Å². The van der Waals surface area contributed by atoms with E-state index in [-0.39, 0.29) is 17.1 Å². The topological polar surface area (TPSA) is 61.6 Å². The number of nitrogens with zero attached hydrogens (tertiary/aromatic N) is 3. The molecule has 2 aromatic carbocycles. The van der Waals surface area contributed by atoms with Crippen molar-refractivity contribution in [1.29, 1.82) is 5.26 Å². The smallest absolute Gasteiger partial charge is 0.189 e. The van der Waals surface area contributed by atoms with Crippen molar-refractivity contribution in [2.75, 3.05) is 11.6 Å². The van der Waals surface area contributed by atoms with Gasteiger partial charge < -0.3 is 5.32 Å². The number of hydrogen-bond acceptors (Lipinski definition) is 5. The predicted molar refractivity (Wildman–Crippen MR) is 98.3 cm³/mol. The molecule has 1 N–H and O–H groups in total. The molecule has 0 radical (unpaired) electrons. The molecule has 8 heteroatoms. The van der Waals surface area contributed by atoms with Crippen LogP contribution in [0.2, 0.25) is 0 Å². The van der Waals surface area contributed by atoms with Crippen molar-refractivity contribution in [3.8, 4) is 17.3 Å². The van der Waals surface area contributed by atoms with Gasteiger partial charge in [-0.2, -0.15) is 5.26 Å². The molecule has 4 nitrogen and oxygen atoms in total. The van der Waals surface area contributed by atoms with E-state index in [1.165, 1.54) is 36.0 Å². The Labute approximate surface area is 158 Å². The summed E-state index contributed by atoms with van der Waals surface area (Å²) >= 11 is 1.21. The molecule has 0 bridgehead atoms. The largest absolute Gasteiger partial charge is 0.334 e. The molecular formula is C19H13F3N4S. The fraction of sp³-hybridized carbons (Fsp3) is 0.105. The highest BCUT2D eigenvalue weighted by molar-refractivity contribution is 7.98. The van der Waals surface area contributed by atoms with Crippen LogP contribution in [0, 0.1) is 35.7 Å². The molecule has 3 rings (SSSR count). The zero-order chi connectivity index (χ0) is 19.6. The summed E-state index contributed by atoms with van der Waals surface area (Å²) < 4.78 is 41.5. The summed E-state index contributed by atoms with van der Waals surface area (Å²) in [6.45, 7) is 1.68. The van der Waals surface area contributed by atoms with Gasteiger partial charge in [0, 0.05) is 5.56 Å². The Balaban J connectivity index is 2.22. The Kier molecular flexibility index (Phi) is 5.33. The number of anilines is 2. The number of halogens is 3. The molecule has 0 unspecified atom stereocenters. The molecule has 0 fully saturated rings. The summed E-state index contributed by atoms with van der Waals surface area (Å²) in [5.41, 5.74) is 0.947. The van der Waals surface area contributed by atoms with Crippen LogP contribution >= 0.6 is 11.8 Å². The first kappa shape index (κ1) is 18.7. The molecule has 0 aliphatic carbocycles. The number of nitriles is 1. The minimum atomic E-state index is -0.817. The summed E-state index contributed by atoms with van der Waals surface area (Å²) in [6, 6.07) is 9.49. The second-order valence-electron chi connectivity index (χ2n) is 5.58. The van der Waals surface area contributed by atoms with Gasteiger partial charge in [-0.3, -0.25) is 0 Å². The molecule has 0 saturated heterocycles. The number of para-hydroxylation sites is 1. The number of nitrogens with one attached hydrogen (secondary N) is 1. The van der Waals surface area contributed by atoms with Gasteiger partial charge >= 0.3 is 0 Å². The fourth-order valence-corrected chi connectivity index (χ4v) is 2.92. The van der Waals surface area contributed by atoms with E-state index in [0.29, 0.717) is 16.3 Å². The first-order valence-electron chi connectivity index (χ1n) is 7.78. The number of aromatic nitrogens is 2. The molecule has 1 heterocycles. The van der Waals surface area contributed by atoms with E-state index in [4.69, 9.17) is 0 Å². The second kappa shape index (κ2) is 7.68. The van der Waals surface area contributed by atoms with Crippen LogP contribution in [-0.4, -0.2) is 16.2 Å². The van der Waals surface area contributed by atoms with Gasteiger partial charge in [0.2, 0.25) is 0 Å². The van der Waals surface area contributed by atoms with Gasteiger partial charge in [0.15, 0.2) is 11.0 Å². The van der Waals surface area contributed by atoms with Crippen molar-refractivity contribution < 1.29 is 13.2 Å². The van der Waals surface area contributed by atoms with Crippen LogP contribution in [0.25, 0.3) is 11.3 Å². The van der Waals surface area contributed by atoms with Crippen LogP contribution in [0.15, 0.2) is 41.6 Å². The minimum absolute atomic E-state index is 0.00478. The zero-order valence-electron chi connectivity index (χ0n) is 14.3. The third-order valence-corrected chi connectivity index (χ3v) is 4.38. The number of aryl methyl sites for hydroxylation is 1. The number of benzene rings is 2. The van der Waals surface area contributed by atoms with Gasteiger partial charge in [-0.15, -0.1) is 0 Å². The van der Waals surface area contributed by atoms with Gasteiger partial charge in [0.1, 0.15) is 34.8 Å². The van der Waals surface area contributed by atoms with Crippen molar-refractivity contribution in [1.82, 2.24) is 9.97 Å². The lowest BCUT2D eigenvalue weighted by Crippen LogP contribution is -2.06. The lowest BCUT2D eigenvalue weighted by Gasteiger charge is -2.14. The Morgan fingerprint density at radius 2 is 1.78 bits per heavy atom. The summed E-state index contributed by atoms with van der Waals surface area (Å²) in [4.78, 5) is 8.53. The Morgan fingerprint density at radius 3 is 2.37 bits per heavy atom. The summed E-state index contributed by atoms with van der Waals surface area (Å²) in [5.74, 6) is -2.08. The molecule has 0 aliphatic rings. The van der Waals surface area contributed by atoms with E-state index in [2.05, 4.69) is 15.3 Å². The van der Waals surface area contributed by atoms with E-state index in [0.717, 1.165) is 12.1 Å². The van der Waals surface area contributed by atoms with Crippen LogP contribution in [0.4, 0.5) is 24.7 Å². The van der Waals surface area contributed by atoms with Crippen molar-refractivity contribution in [3.63, 3.8) is 0 Å². The predicted octanol–water partition coefficient (Wildman–Crippen LogP) is 5.21. The van der Waals surface area contributed by atoms with Crippen LogP contribution in [-0.2, 0) is 0 Å². The fourth-order valence-electron chi connectivity index (χ4n) is 2.55. The highest BCUT2D eigenvalue weighted by Gasteiger charge is 2.20. The first-order chi connectivity index (χ1) is 12.9. The molecule has 0 amide bonds. The molecular weight excluding hydrogens is 373 g/mol. The lowest BCUT2D eigenvalue weighted by atomic mass is 10.0. The molecule has 3 aromatic rings. The van der Waals surface area contributed by atoms with Gasteiger partial charge in [-0.25, -0.2) is 23.1 Å². The molecule has 136 valence electrons. The van der Waals surface area contributed by atoms with Crippen molar-refractivity contribution in [3.05, 3.63) is 65.0 Å². The number of rotatable bonds is 4. The molecule has 1 aromatic heterocycles. The maximum atomic E-state index is 14.0. The minimum Gasteiger partial charge on any atom is -0.334 e. The zero-order valence-corrected chi connectivity index (χ0v) is 15.2. The summed E-state index contributed by atoms with van der Waals surface area (Å²) in [7, 11) is 0. The van der Waals surface area contributed by atoms with E-state index in [1.54, 1.807) is 13.2 Å². The molecule has 27 heavy (non-hydrogen) atoms. The average Bonchev–Trinajstić information content (AvgIpc) is 2.64. The Morgan fingerprint density at radius 1 is 1.07 bits per heavy atom. The van der Waals surface area contributed by atoms with E-state index in [1.807, 2.05) is 6.07 Å². The van der Waals surface area contributed by atoms with Crippen LogP contribution in [0.3, 0.4) is 0 Å². The van der Waals surface area contributed by atoms with Crippen molar-refractivity contribution in [2.45, 2.75) is 12.1 Å². The van der Waals surface area contributed by atoms with Gasteiger partial charge in [0.25, 0.3) is 0 Å². The third kappa shape index (κ3) is 3.73. The molecule has 0 saturated carbocycles. The quantitative estimate of drug-likeness (QED) is 0.493. The van der Waals surface area contributed by atoms with Crippen molar-refractivity contribution in [2.24, 2.45) is 0 Å². The maximum Gasteiger partial charge on any atom is 0.189 e. The van der Waals surface area contributed by atoms with E-state index >= 15 is 0 Å². The van der Waals surface area contributed by atoms with Crippen LogP contribution in [0.5, 0.6) is 0 Å². The molecule has 0 spiro atoms. The normalized spacial score (nSPS) is 10.5. The number of thioether (sulfide) groups is 1. The molecule has 0 atom stereocenters. The molecule has 0 aliphatic heterocycles. The maximum absolute atomic E-state index is 14.0. The highest BCUT2D eigenvalue weighted by atomic mass is 32.2. The third-order valence-electron chi connectivity index (χ3n) is 3.83. The van der Waals surface area contributed by atoms with Crippen LogP contribution in [0.1, 0.15) is 11.1 Å². The van der Waals surface area contributed by atoms with E-state index in [9.17, 15) is 18.4 Å². The highest BCUT2D eigenvalue weighted by Crippen LogP contribution is 2.33. The summed E-state index contributed by atoms with van der Waals surface area (Å²) in [5, 5.41) is 12.5. The van der Waals surface area contributed by atoms with Gasteiger partial charge in [-0.1, -0.05) is 17.8 Å². The lowest BCUT2D eigenvalue weighted by molar-refractivity contribution is 0.590. The standard InChI is InChI=1S/C19H13F3N4S/c1-10-8-11(20)6-7-12(10)16-13(9-23)18(26-19(25-16)27-2)24-17-14(21)4-3-5-15(17)22/h3-8H,1-2H3,(H,24,25,26). The van der Waals surface area contributed by atoms with Crippen molar-refractivity contribution >= 4 is 23.3 Å². The first-order valence-corrected chi connectivity index (χ1v) is 9.00. The summed E-state index contributed by atoms with van der Waals surface area (Å²) in [6.07, 6.45) is 1.73. The van der Waals surface area contributed by atoms with Gasteiger partial charge in [0.05, 0.1) is 5.69 Å². The second-order valence-corrected chi connectivity index (χ2v) is 6.35. The van der Waals surface area contributed by atoms with E-state index < -0.39 is 23.1 Å². The average molecular weight is 386 g/mol. The number of hydrogen-bond donors (Lipinski definition) is 1. The van der Waals surface area contributed by atoms with Gasteiger partial charge in [-0.05, 0) is 49.1 Å². The SMILES string of the molecule is CSc1nc(Nc2c(F)cccc2F)c(C#N)c(-c2ccc(F)cc2C)n1. The Bertz CT molecular complexity index is 1040.